The molecule has 0 aliphatic rings. The number of hydrogen-bond donors (Lipinski definition) is 1. The van der Waals surface area contributed by atoms with Crippen molar-refractivity contribution in [2.45, 2.75) is 33.6 Å². The highest BCUT2D eigenvalue weighted by molar-refractivity contribution is 5.93. The molecule has 1 amide bonds. The van der Waals surface area contributed by atoms with Crippen molar-refractivity contribution in [2.24, 2.45) is 0 Å². The summed E-state index contributed by atoms with van der Waals surface area (Å²) in [4.78, 5) is 32.6. The number of carbonyl (C=O) groups excluding carboxylic acids is 2. The second-order valence-electron chi connectivity index (χ2n) is 6.17. The van der Waals surface area contributed by atoms with Crippen molar-refractivity contribution < 1.29 is 14.3 Å². The Labute approximate surface area is 156 Å². The molecule has 0 aliphatic carbocycles. The van der Waals surface area contributed by atoms with Crippen molar-refractivity contribution in [3.8, 4) is 0 Å². The second kappa shape index (κ2) is 7.94. The smallest absolute Gasteiger partial charge is 0.310 e. The third-order valence-corrected chi connectivity index (χ3v) is 4.29. The fourth-order valence-corrected chi connectivity index (χ4v) is 2.82. The van der Waals surface area contributed by atoms with Gasteiger partial charge >= 0.3 is 5.97 Å². The minimum atomic E-state index is -0.500. The van der Waals surface area contributed by atoms with Gasteiger partial charge in [0.25, 0.3) is 11.7 Å². The highest BCUT2D eigenvalue weighted by Crippen LogP contribution is 2.14. The molecule has 3 rings (SSSR count). The number of nitrogens with zero attached hydrogens (tertiary/aromatic N) is 4. The summed E-state index contributed by atoms with van der Waals surface area (Å²) in [5, 5.41) is 6.82. The highest BCUT2D eigenvalue weighted by Gasteiger charge is 2.16. The van der Waals surface area contributed by atoms with Gasteiger partial charge in [-0.1, -0.05) is 19.1 Å². The number of aromatic nitrogens is 4. The Morgan fingerprint density at radius 2 is 2.07 bits per heavy atom. The van der Waals surface area contributed by atoms with Crippen molar-refractivity contribution >= 4 is 23.3 Å². The summed E-state index contributed by atoms with van der Waals surface area (Å²) >= 11 is 0. The number of amides is 1. The maximum Gasteiger partial charge on any atom is 0.310 e. The molecule has 27 heavy (non-hydrogen) atoms. The predicted octanol–water partition coefficient (Wildman–Crippen LogP) is 2.03. The monoisotopic (exact) mass is 367 g/mol. The molecule has 2 heterocycles. The van der Waals surface area contributed by atoms with Crippen LogP contribution < -0.4 is 5.32 Å². The lowest BCUT2D eigenvalue weighted by atomic mass is 10.1. The van der Waals surface area contributed by atoms with Crippen LogP contribution in [0.3, 0.4) is 0 Å². The molecule has 0 bridgehead atoms. The Kier molecular flexibility index (Phi) is 5.44. The first-order valence-electron chi connectivity index (χ1n) is 8.68. The number of esters is 1. The van der Waals surface area contributed by atoms with Crippen LogP contribution in [0.2, 0.25) is 0 Å². The zero-order valence-electron chi connectivity index (χ0n) is 15.5. The van der Waals surface area contributed by atoms with Crippen molar-refractivity contribution in [2.75, 3.05) is 11.9 Å². The van der Waals surface area contributed by atoms with Crippen molar-refractivity contribution in [3.63, 3.8) is 0 Å². The molecule has 1 aromatic carbocycles. The van der Waals surface area contributed by atoms with Crippen LogP contribution in [0, 0.1) is 13.8 Å². The quantitative estimate of drug-likeness (QED) is 0.670. The van der Waals surface area contributed by atoms with Crippen LogP contribution in [0.1, 0.15) is 29.4 Å². The average molecular weight is 367 g/mol. The van der Waals surface area contributed by atoms with E-state index in [-0.39, 0.29) is 18.9 Å². The lowest BCUT2D eigenvalue weighted by molar-refractivity contribution is -0.146. The van der Waals surface area contributed by atoms with Crippen molar-refractivity contribution in [1.82, 2.24) is 19.6 Å². The van der Waals surface area contributed by atoms with Crippen LogP contribution in [0.25, 0.3) is 5.78 Å². The van der Waals surface area contributed by atoms with Gasteiger partial charge in [-0.25, -0.2) is 9.50 Å². The number of ether oxygens (including phenoxy) is 1. The van der Waals surface area contributed by atoms with Gasteiger partial charge < -0.3 is 10.1 Å². The number of aryl methyl sites for hydroxylation is 3. The molecule has 0 atom stereocenters. The fraction of sp³-hybridized carbons (Fsp3) is 0.316. The van der Waals surface area contributed by atoms with Gasteiger partial charge in [0.05, 0.1) is 6.42 Å². The molecule has 2 aromatic heterocycles. The van der Waals surface area contributed by atoms with E-state index in [1.165, 1.54) is 6.33 Å². The summed E-state index contributed by atoms with van der Waals surface area (Å²) in [5.41, 5.74) is 3.97. The Morgan fingerprint density at radius 1 is 1.26 bits per heavy atom. The van der Waals surface area contributed by atoms with E-state index >= 15 is 0 Å². The normalized spacial score (nSPS) is 10.8. The maximum atomic E-state index is 12.2. The molecule has 0 radical (unpaired) electrons. The summed E-state index contributed by atoms with van der Waals surface area (Å²) in [6.45, 7) is 5.34. The van der Waals surface area contributed by atoms with Gasteiger partial charge in [0.1, 0.15) is 6.33 Å². The predicted molar refractivity (Wildman–Crippen MR) is 99.4 cm³/mol. The standard InChI is InChI=1S/C19H21N5O3/c1-4-14-6-5-7-15(8-14)23-17(25)10-27-18(26)9-16-12(2)22-19-20-11-21-24(19)13(16)3/h5-8,11H,4,9-10H2,1-3H3,(H,23,25). The number of anilines is 1. The molecule has 0 unspecified atom stereocenters. The molecule has 0 spiro atoms. The van der Waals surface area contributed by atoms with E-state index in [1.807, 2.05) is 32.0 Å². The van der Waals surface area contributed by atoms with Gasteiger partial charge in [0, 0.05) is 22.6 Å². The number of benzene rings is 1. The van der Waals surface area contributed by atoms with E-state index in [1.54, 1.807) is 17.5 Å². The van der Waals surface area contributed by atoms with Gasteiger partial charge in [-0.15, -0.1) is 0 Å². The van der Waals surface area contributed by atoms with Crippen molar-refractivity contribution in [1.29, 1.82) is 0 Å². The average Bonchev–Trinajstić information content (AvgIpc) is 3.12. The molecule has 140 valence electrons. The Bertz CT molecular complexity index is 996. The second-order valence-corrected chi connectivity index (χ2v) is 6.17. The first-order valence-corrected chi connectivity index (χ1v) is 8.68. The Morgan fingerprint density at radius 3 is 2.85 bits per heavy atom. The topological polar surface area (TPSA) is 98.5 Å². The van der Waals surface area contributed by atoms with Gasteiger partial charge in [0.15, 0.2) is 6.61 Å². The molecule has 8 heteroatoms. The van der Waals surface area contributed by atoms with E-state index in [0.717, 1.165) is 17.7 Å². The van der Waals surface area contributed by atoms with E-state index in [2.05, 4.69) is 20.4 Å². The highest BCUT2D eigenvalue weighted by atomic mass is 16.5. The molecule has 0 aliphatic heterocycles. The van der Waals surface area contributed by atoms with E-state index in [4.69, 9.17) is 4.74 Å². The van der Waals surface area contributed by atoms with Crippen LogP contribution in [-0.4, -0.2) is 38.1 Å². The van der Waals surface area contributed by atoms with Crippen LogP contribution >= 0.6 is 0 Å². The van der Waals surface area contributed by atoms with Gasteiger partial charge in [-0.2, -0.15) is 10.1 Å². The van der Waals surface area contributed by atoms with Crippen LogP contribution in [-0.2, 0) is 27.2 Å². The minimum Gasteiger partial charge on any atom is -0.455 e. The zero-order chi connectivity index (χ0) is 19.4. The third kappa shape index (κ3) is 4.28. The summed E-state index contributed by atoms with van der Waals surface area (Å²) in [6, 6.07) is 7.55. The van der Waals surface area contributed by atoms with E-state index < -0.39 is 5.97 Å². The molecule has 8 nitrogen and oxygen atoms in total. The summed E-state index contributed by atoms with van der Waals surface area (Å²) in [5.74, 6) is -0.398. The van der Waals surface area contributed by atoms with Gasteiger partial charge in [0.2, 0.25) is 0 Å². The number of carbonyl (C=O) groups is 2. The Hall–Kier alpha value is -3.29. The molecule has 0 fully saturated rings. The Balaban J connectivity index is 1.59. The van der Waals surface area contributed by atoms with Gasteiger partial charge in [-0.3, -0.25) is 9.59 Å². The lowest BCUT2D eigenvalue weighted by Gasteiger charge is -2.11. The van der Waals surface area contributed by atoms with E-state index in [0.29, 0.717) is 22.7 Å². The van der Waals surface area contributed by atoms with Crippen molar-refractivity contribution in [3.05, 3.63) is 53.1 Å². The number of fused-ring (bicyclic) bond motifs is 1. The van der Waals surface area contributed by atoms with Crippen LogP contribution in [0.5, 0.6) is 0 Å². The minimum absolute atomic E-state index is 0.0130. The number of nitrogens with one attached hydrogen (secondary N) is 1. The number of rotatable bonds is 6. The first-order chi connectivity index (χ1) is 13.0. The molecular formula is C19H21N5O3. The molecule has 0 saturated heterocycles. The number of hydrogen-bond acceptors (Lipinski definition) is 6. The first kappa shape index (κ1) is 18.5. The van der Waals surface area contributed by atoms with Crippen LogP contribution in [0.15, 0.2) is 30.6 Å². The van der Waals surface area contributed by atoms with Crippen LogP contribution in [0.4, 0.5) is 5.69 Å². The summed E-state index contributed by atoms with van der Waals surface area (Å²) < 4.78 is 6.69. The SMILES string of the molecule is CCc1cccc(NC(=O)COC(=O)Cc2c(C)nc3ncnn3c2C)c1. The zero-order valence-corrected chi connectivity index (χ0v) is 15.5. The lowest BCUT2D eigenvalue weighted by Crippen LogP contribution is -2.22. The molecular weight excluding hydrogens is 346 g/mol. The third-order valence-electron chi connectivity index (χ3n) is 4.29. The largest absolute Gasteiger partial charge is 0.455 e. The fourth-order valence-electron chi connectivity index (χ4n) is 2.82. The molecule has 3 aromatic rings. The van der Waals surface area contributed by atoms with E-state index in [9.17, 15) is 9.59 Å². The summed E-state index contributed by atoms with van der Waals surface area (Å²) in [7, 11) is 0. The molecule has 1 N–H and O–H groups in total. The van der Waals surface area contributed by atoms with Gasteiger partial charge in [-0.05, 0) is 38.0 Å². The molecule has 0 saturated carbocycles. The maximum absolute atomic E-state index is 12.2. The summed E-state index contributed by atoms with van der Waals surface area (Å²) in [6.07, 6.45) is 2.30.